The second kappa shape index (κ2) is 4.08. The first-order valence-electron chi connectivity index (χ1n) is 5.07. The number of hydrogen-bond acceptors (Lipinski definition) is 2. The van der Waals surface area contributed by atoms with E-state index in [1.807, 2.05) is 0 Å². The molecule has 2 rings (SSSR count). The van der Waals surface area contributed by atoms with Gasteiger partial charge in [-0.05, 0) is 18.9 Å². The van der Waals surface area contributed by atoms with E-state index in [4.69, 9.17) is 5.11 Å². The number of nitrogens with zero attached hydrogens (tertiary/aromatic N) is 1. The molecule has 1 aliphatic heterocycles. The smallest absolute Gasteiger partial charge is 0.337 e. The van der Waals surface area contributed by atoms with Crippen molar-refractivity contribution in [2.24, 2.45) is 0 Å². The van der Waals surface area contributed by atoms with Crippen molar-refractivity contribution in [2.45, 2.75) is 12.8 Å². The summed E-state index contributed by atoms with van der Waals surface area (Å²) >= 11 is 0. The van der Waals surface area contributed by atoms with Crippen molar-refractivity contribution in [3.63, 3.8) is 0 Å². The van der Waals surface area contributed by atoms with Crippen LogP contribution in [0.15, 0.2) is 12.1 Å². The molecule has 0 amide bonds. The van der Waals surface area contributed by atoms with Crippen LogP contribution >= 0.6 is 0 Å². The lowest BCUT2D eigenvalue weighted by molar-refractivity contribution is 0.0697. The van der Waals surface area contributed by atoms with E-state index in [9.17, 15) is 13.6 Å². The zero-order valence-electron chi connectivity index (χ0n) is 8.54. The van der Waals surface area contributed by atoms with Crippen molar-refractivity contribution in [3.8, 4) is 0 Å². The number of benzene rings is 1. The van der Waals surface area contributed by atoms with Crippen LogP contribution in [0.2, 0.25) is 0 Å². The number of rotatable bonds is 2. The molecule has 0 bridgehead atoms. The molecular weight excluding hydrogens is 216 g/mol. The molecule has 5 heteroatoms. The predicted octanol–water partition coefficient (Wildman–Crippen LogP) is 2.26. The van der Waals surface area contributed by atoms with Crippen LogP contribution in [0.4, 0.5) is 14.5 Å². The van der Waals surface area contributed by atoms with Crippen molar-refractivity contribution < 1.29 is 18.7 Å². The molecule has 1 fully saturated rings. The summed E-state index contributed by atoms with van der Waals surface area (Å²) in [5, 5.41) is 8.93. The highest BCUT2D eigenvalue weighted by Crippen LogP contribution is 2.27. The number of anilines is 1. The fourth-order valence-corrected chi connectivity index (χ4v) is 1.93. The third-order valence-corrected chi connectivity index (χ3v) is 2.72. The molecule has 0 radical (unpaired) electrons. The number of aromatic carboxylic acids is 1. The van der Waals surface area contributed by atoms with E-state index in [0.29, 0.717) is 13.1 Å². The molecule has 0 aliphatic carbocycles. The topological polar surface area (TPSA) is 40.5 Å². The molecule has 1 heterocycles. The Bertz CT molecular complexity index is 428. The van der Waals surface area contributed by atoms with Gasteiger partial charge in [0, 0.05) is 19.2 Å². The summed E-state index contributed by atoms with van der Waals surface area (Å²) in [5.41, 5.74) is 0.0877. The van der Waals surface area contributed by atoms with Crippen molar-refractivity contribution in [2.75, 3.05) is 18.0 Å². The highest BCUT2D eigenvalue weighted by atomic mass is 19.2. The standard InChI is InChI=1S/C11H11F2NO2/c12-8-5-7(11(15)16)10(6-9(8)13)14-3-1-2-4-14/h5-6H,1-4H2,(H,15,16). The molecule has 0 aromatic heterocycles. The number of carboxylic acid groups (broad SMARTS) is 1. The molecule has 3 nitrogen and oxygen atoms in total. The quantitative estimate of drug-likeness (QED) is 0.842. The van der Waals surface area contributed by atoms with Crippen molar-refractivity contribution in [3.05, 3.63) is 29.3 Å². The van der Waals surface area contributed by atoms with Gasteiger partial charge in [-0.3, -0.25) is 0 Å². The summed E-state index contributed by atoms with van der Waals surface area (Å²) < 4.78 is 26.0. The lowest BCUT2D eigenvalue weighted by atomic mass is 10.1. The number of carbonyl (C=O) groups is 1. The van der Waals surface area contributed by atoms with Gasteiger partial charge in [0.2, 0.25) is 0 Å². The third-order valence-electron chi connectivity index (χ3n) is 2.72. The average molecular weight is 227 g/mol. The van der Waals surface area contributed by atoms with Crippen LogP contribution in [0.25, 0.3) is 0 Å². The summed E-state index contributed by atoms with van der Waals surface area (Å²) in [4.78, 5) is 12.7. The monoisotopic (exact) mass is 227 g/mol. The Labute approximate surface area is 91.3 Å². The summed E-state index contributed by atoms with van der Waals surface area (Å²) in [6, 6.07) is 1.70. The maximum absolute atomic E-state index is 13.1. The first kappa shape index (κ1) is 10.9. The van der Waals surface area contributed by atoms with E-state index < -0.39 is 17.6 Å². The predicted molar refractivity (Wildman–Crippen MR) is 54.8 cm³/mol. The molecule has 0 spiro atoms. The van der Waals surface area contributed by atoms with Crippen LogP contribution in [0.1, 0.15) is 23.2 Å². The van der Waals surface area contributed by atoms with E-state index in [1.54, 1.807) is 4.90 Å². The van der Waals surface area contributed by atoms with Gasteiger partial charge in [-0.25, -0.2) is 13.6 Å². The minimum atomic E-state index is -1.24. The van der Waals surface area contributed by atoms with Gasteiger partial charge < -0.3 is 10.0 Å². The van der Waals surface area contributed by atoms with Crippen LogP contribution in [0, 0.1) is 11.6 Å². The first-order valence-corrected chi connectivity index (χ1v) is 5.07. The maximum Gasteiger partial charge on any atom is 0.337 e. The molecule has 0 saturated carbocycles. The highest BCUT2D eigenvalue weighted by molar-refractivity contribution is 5.94. The Hall–Kier alpha value is -1.65. The zero-order chi connectivity index (χ0) is 11.7. The molecular formula is C11H11F2NO2. The van der Waals surface area contributed by atoms with Gasteiger partial charge in [-0.1, -0.05) is 0 Å². The van der Waals surface area contributed by atoms with Crippen molar-refractivity contribution in [1.82, 2.24) is 0 Å². The van der Waals surface area contributed by atoms with Gasteiger partial charge in [0.25, 0.3) is 0 Å². The molecule has 1 aromatic carbocycles. The molecule has 86 valence electrons. The summed E-state index contributed by atoms with van der Waals surface area (Å²) in [6.07, 6.45) is 1.89. The number of carboxylic acids is 1. The lowest BCUT2D eigenvalue weighted by Crippen LogP contribution is -2.21. The van der Waals surface area contributed by atoms with Gasteiger partial charge >= 0.3 is 5.97 Å². The molecule has 1 aliphatic rings. The molecule has 1 aromatic rings. The Kier molecular flexibility index (Phi) is 2.77. The van der Waals surface area contributed by atoms with Gasteiger partial charge in [-0.2, -0.15) is 0 Å². The molecule has 16 heavy (non-hydrogen) atoms. The van der Waals surface area contributed by atoms with E-state index in [2.05, 4.69) is 0 Å². The van der Waals surface area contributed by atoms with Crippen LogP contribution < -0.4 is 4.90 Å². The van der Waals surface area contributed by atoms with E-state index in [1.165, 1.54) is 0 Å². The lowest BCUT2D eigenvalue weighted by Gasteiger charge is -2.19. The Balaban J connectivity index is 2.48. The Morgan fingerprint density at radius 3 is 2.31 bits per heavy atom. The van der Waals surface area contributed by atoms with Gasteiger partial charge in [0.05, 0.1) is 11.3 Å². The van der Waals surface area contributed by atoms with E-state index in [-0.39, 0.29) is 11.3 Å². The third kappa shape index (κ3) is 1.85. The van der Waals surface area contributed by atoms with Crippen LogP contribution in [-0.4, -0.2) is 24.2 Å². The Morgan fingerprint density at radius 1 is 1.19 bits per heavy atom. The largest absolute Gasteiger partial charge is 0.478 e. The first-order chi connectivity index (χ1) is 7.59. The molecule has 0 unspecified atom stereocenters. The average Bonchev–Trinajstić information content (AvgIpc) is 2.74. The summed E-state index contributed by atoms with van der Waals surface area (Å²) in [7, 11) is 0. The molecule has 1 N–H and O–H groups in total. The maximum atomic E-state index is 13.1. The van der Waals surface area contributed by atoms with Crippen LogP contribution in [-0.2, 0) is 0 Å². The fraction of sp³-hybridized carbons (Fsp3) is 0.364. The zero-order valence-corrected chi connectivity index (χ0v) is 8.54. The molecule has 1 saturated heterocycles. The van der Waals surface area contributed by atoms with Crippen LogP contribution in [0.5, 0.6) is 0 Å². The van der Waals surface area contributed by atoms with Crippen LogP contribution in [0.3, 0.4) is 0 Å². The Morgan fingerprint density at radius 2 is 1.75 bits per heavy atom. The number of hydrogen-bond donors (Lipinski definition) is 1. The van der Waals surface area contributed by atoms with E-state index in [0.717, 1.165) is 25.0 Å². The van der Waals surface area contributed by atoms with Crippen molar-refractivity contribution in [1.29, 1.82) is 0 Å². The normalized spacial score (nSPS) is 15.5. The SMILES string of the molecule is O=C(O)c1cc(F)c(F)cc1N1CCCC1. The molecule has 0 atom stereocenters. The second-order valence-electron chi connectivity index (χ2n) is 3.78. The fourth-order valence-electron chi connectivity index (χ4n) is 1.93. The summed E-state index contributed by atoms with van der Waals surface area (Å²) in [5.74, 6) is -3.37. The second-order valence-corrected chi connectivity index (χ2v) is 3.78. The van der Waals surface area contributed by atoms with Gasteiger partial charge in [0.15, 0.2) is 11.6 Å². The number of halogens is 2. The van der Waals surface area contributed by atoms with Gasteiger partial charge in [0.1, 0.15) is 0 Å². The summed E-state index contributed by atoms with van der Waals surface area (Å²) in [6.45, 7) is 1.37. The highest BCUT2D eigenvalue weighted by Gasteiger charge is 2.21. The van der Waals surface area contributed by atoms with Crippen molar-refractivity contribution >= 4 is 11.7 Å². The van der Waals surface area contributed by atoms with E-state index >= 15 is 0 Å². The van der Waals surface area contributed by atoms with Gasteiger partial charge in [-0.15, -0.1) is 0 Å². The minimum absolute atomic E-state index is 0.180. The minimum Gasteiger partial charge on any atom is -0.478 e.